The number of methoxy groups -OCH3 is 1. The van der Waals surface area contributed by atoms with Crippen LogP contribution in [0.5, 0.6) is 5.75 Å². The maximum atomic E-state index is 13.4. The van der Waals surface area contributed by atoms with Crippen LogP contribution >= 0.6 is 0 Å². The lowest BCUT2D eigenvalue weighted by Crippen LogP contribution is -2.11. The maximum Gasteiger partial charge on any atom is 0.303 e. The molecule has 17 heavy (non-hydrogen) atoms. The monoisotopic (exact) mass is 241 g/mol. The summed E-state index contributed by atoms with van der Waals surface area (Å²) in [5, 5.41) is 8.49. The van der Waals surface area contributed by atoms with Crippen LogP contribution in [0.25, 0.3) is 0 Å². The molecule has 4 nitrogen and oxygen atoms in total. The van der Waals surface area contributed by atoms with Gasteiger partial charge < -0.3 is 15.6 Å². The van der Waals surface area contributed by atoms with Gasteiger partial charge >= 0.3 is 5.97 Å². The Labute approximate surface area is 99.2 Å². The van der Waals surface area contributed by atoms with Crippen molar-refractivity contribution < 1.29 is 19.0 Å². The van der Waals surface area contributed by atoms with E-state index >= 15 is 0 Å². The van der Waals surface area contributed by atoms with Gasteiger partial charge in [-0.3, -0.25) is 4.79 Å². The van der Waals surface area contributed by atoms with E-state index in [4.69, 9.17) is 15.6 Å². The summed E-state index contributed by atoms with van der Waals surface area (Å²) in [6.07, 6.45) is 1.06. The summed E-state index contributed by atoms with van der Waals surface area (Å²) >= 11 is 0. The number of benzene rings is 1. The first-order valence-electron chi connectivity index (χ1n) is 5.35. The smallest absolute Gasteiger partial charge is 0.303 e. The van der Waals surface area contributed by atoms with E-state index < -0.39 is 11.8 Å². The Bertz CT molecular complexity index is 395. The lowest BCUT2D eigenvalue weighted by molar-refractivity contribution is -0.137. The highest BCUT2D eigenvalue weighted by Crippen LogP contribution is 2.23. The molecule has 1 aromatic carbocycles. The molecule has 1 rings (SSSR count). The first kappa shape index (κ1) is 13.4. The molecule has 0 aliphatic heterocycles. The molecule has 0 saturated heterocycles. The van der Waals surface area contributed by atoms with Gasteiger partial charge in [-0.05, 0) is 30.5 Å². The topological polar surface area (TPSA) is 72.5 Å². The SMILES string of the molecule is COc1ccc(C(N)CCCC(=O)O)cc1F. The minimum Gasteiger partial charge on any atom is -0.494 e. The molecule has 0 spiro atoms. The Morgan fingerprint density at radius 1 is 1.59 bits per heavy atom. The Balaban J connectivity index is 2.59. The fourth-order valence-electron chi connectivity index (χ4n) is 1.55. The van der Waals surface area contributed by atoms with E-state index in [0.29, 0.717) is 18.4 Å². The number of hydrogen-bond acceptors (Lipinski definition) is 3. The summed E-state index contributed by atoms with van der Waals surface area (Å²) in [7, 11) is 1.39. The number of carboxylic acids is 1. The van der Waals surface area contributed by atoms with Gasteiger partial charge in [0.25, 0.3) is 0 Å². The van der Waals surface area contributed by atoms with E-state index in [0.717, 1.165) is 0 Å². The van der Waals surface area contributed by atoms with E-state index in [1.165, 1.54) is 19.2 Å². The van der Waals surface area contributed by atoms with Crippen LogP contribution in [0, 0.1) is 5.82 Å². The third-order valence-electron chi connectivity index (χ3n) is 2.51. The van der Waals surface area contributed by atoms with Gasteiger partial charge in [0.2, 0.25) is 0 Å². The van der Waals surface area contributed by atoms with Gasteiger partial charge in [-0.1, -0.05) is 6.07 Å². The number of hydrogen-bond donors (Lipinski definition) is 2. The summed E-state index contributed by atoms with van der Waals surface area (Å²) in [6.45, 7) is 0. The fourth-order valence-corrected chi connectivity index (χ4v) is 1.55. The lowest BCUT2D eigenvalue weighted by Gasteiger charge is -2.12. The molecule has 0 saturated carbocycles. The fraction of sp³-hybridized carbons (Fsp3) is 0.417. The van der Waals surface area contributed by atoms with Crippen molar-refractivity contribution in [1.29, 1.82) is 0 Å². The second-order valence-electron chi connectivity index (χ2n) is 3.79. The molecule has 94 valence electrons. The molecule has 0 amide bonds. The Morgan fingerprint density at radius 3 is 2.82 bits per heavy atom. The van der Waals surface area contributed by atoms with Crippen LogP contribution in [0.1, 0.15) is 30.9 Å². The van der Waals surface area contributed by atoms with Gasteiger partial charge in [0, 0.05) is 12.5 Å². The average molecular weight is 241 g/mol. The summed E-state index contributed by atoms with van der Waals surface area (Å²) in [5.41, 5.74) is 6.49. The second kappa shape index (κ2) is 6.20. The first-order chi connectivity index (χ1) is 8.04. The average Bonchev–Trinajstić information content (AvgIpc) is 2.28. The summed E-state index contributed by atoms with van der Waals surface area (Å²) in [4.78, 5) is 10.3. The van der Waals surface area contributed by atoms with Gasteiger partial charge in [0.1, 0.15) is 0 Å². The van der Waals surface area contributed by atoms with Gasteiger partial charge in [0.15, 0.2) is 11.6 Å². The standard InChI is InChI=1S/C12H16FNO3/c1-17-11-6-5-8(7-9(11)13)10(14)3-2-4-12(15)16/h5-7,10H,2-4,14H2,1H3,(H,15,16). The minimum absolute atomic E-state index is 0.0757. The predicted molar refractivity (Wildman–Crippen MR) is 61.4 cm³/mol. The van der Waals surface area contributed by atoms with Crippen LogP contribution in [-0.2, 0) is 4.79 Å². The molecule has 0 aliphatic rings. The second-order valence-corrected chi connectivity index (χ2v) is 3.79. The van der Waals surface area contributed by atoms with Crippen molar-refractivity contribution in [2.45, 2.75) is 25.3 Å². The molecule has 3 N–H and O–H groups in total. The van der Waals surface area contributed by atoms with E-state index in [-0.39, 0.29) is 18.2 Å². The molecule has 0 radical (unpaired) electrons. The van der Waals surface area contributed by atoms with Crippen LogP contribution < -0.4 is 10.5 Å². The number of aliphatic carboxylic acids is 1. The maximum absolute atomic E-state index is 13.4. The van der Waals surface area contributed by atoms with Crippen LogP contribution in [0.4, 0.5) is 4.39 Å². The van der Waals surface area contributed by atoms with Crippen LogP contribution in [0.2, 0.25) is 0 Å². The van der Waals surface area contributed by atoms with Gasteiger partial charge in [-0.2, -0.15) is 0 Å². The molecule has 5 heteroatoms. The third-order valence-corrected chi connectivity index (χ3v) is 2.51. The number of carboxylic acid groups (broad SMARTS) is 1. The summed E-state index contributed by atoms with van der Waals surface area (Å²) < 4.78 is 18.2. The molecular formula is C12H16FNO3. The zero-order valence-electron chi connectivity index (χ0n) is 9.65. The third kappa shape index (κ3) is 4.03. The zero-order valence-corrected chi connectivity index (χ0v) is 9.65. The number of nitrogens with two attached hydrogens (primary N) is 1. The first-order valence-corrected chi connectivity index (χ1v) is 5.35. The van der Waals surface area contributed by atoms with Crippen molar-refractivity contribution >= 4 is 5.97 Å². The van der Waals surface area contributed by atoms with E-state index in [2.05, 4.69) is 0 Å². The Kier molecular flexibility index (Phi) is 4.90. The predicted octanol–water partition coefficient (Wildman–Crippen LogP) is 2.09. The van der Waals surface area contributed by atoms with E-state index in [9.17, 15) is 9.18 Å². The van der Waals surface area contributed by atoms with Crippen LogP contribution in [0.3, 0.4) is 0 Å². The molecule has 0 aromatic heterocycles. The van der Waals surface area contributed by atoms with Crippen molar-refractivity contribution in [3.8, 4) is 5.75 Å². The number of halogens is 1. The highest BCUT2D eigenvalue weighted by atomic mass is 19.1. The number of rotatable bonds is 6. The van der Waals surface area contributed by atoms with Gasteiger partial charge in [-0.25, -0.2) is 4.39 Å². The highest BCUT2D eigenvalue weighted by molar-refractivity contribution is 5.66. The minimum atomic E-state index is -0.849. The van der Waals surface area contributed by atoms with E-state index in [1.54, 1.807) is 6.07 Å². The molecule has 1 atom stereocenters. The molecule has 0 fully saturated rings. The van der Waals surface area contributed by atoms with Crippen molar-refractivity contribution in [2.75, 3.05) is 7.11 Å². The van der Waals surface area contributed by atoms with Gasteiger partial charge in [-0.15, -0.1) is 0 Å². The summed E-state index contributed by atoms with van der Waals surface area (Å²) in [6, 6.07) is 4.18. The Morgan fingerprint density at radius 2 is 2.29 bits per heavy atom. The van der Waals surface area contributed by atoms with Crippen molar-refractivity contribution in [3.63, 3.8) is 0 Å². The molecule has 1 aromatic rings. The van der Waals surface area contributed by atoms with Crippen molar-refractivity contribution in [3.05, 3.63) is 29.6 Å². The number of ether oxygens (including phenoxy) is 1. The molecule has 0 aliphatic carbocycles. The normalized spacial score (nSPS) is 12.2. The van der Waals surface area contributed by atoms with Crippen molar-refractivity contribution in [1.82, 2.24) is 0 Å². The quantitative estimate of drug-likeness (QED) is 0.799. The molecule has 1 unspecified atom stereocenters. The molecule has 0 bridgehead atoms. The molecule has 0 heterocycles. The number of carbonyl (C=O) groups is 1. The lowest BCUT2D eigenvalue weighted by atomic mass is 10.0. The Hall–Kier alpha value is -1.62. The highest BCUT2D eigenvalue weighted by Gasteiger charge is 2.10. The summed E-state index contributed by atoms with van der Waals surface area (Å²) in [5.74, 6) is -1.14. The van der Waals surface area contributed by atoms with E-state index in [1.807, 2.05) is 0 Å². The zero-order chi connectivity index (χ0) is 12.8. The van der Waals surface area contributed by atoms with Crippen LogP contribution in [-0.4, -0.2) is 18.2 Å². The van der Waals surface area contributed by atoms with Gasteiger partial charge in [0.05, 0.1) is 7.11 Å². The van der Waals surface area contributed by atoms with Crippen molar-refractivity contribution in [2.24, 2.45) is 5.73 Å². The largest absolute Gasteiger partial charge is 0.494 e. The van der Waals surface area contributed by atoms with Crippen LogP contribution in [0.15, 0.2) is 18.2 Å². The molecular weight excluding hydrogens is 225 g/mol.